The highest BCUT2D eigenvalue weighted by atomic mass is 16.6. The van der Waals surface area contributed by atoms with E-state index in [0.29, 0.717) is 19.3 Å². The average Bonchev–Trinajstić information content (AvgIpc) is 3.46. The minimum atomic E-state index is -0.768. The van der Waals surface area contributed by atoms with Crippen molar-refractivity contribution in [3.05, 3.63) is 12.2 Å². The molecule has 0 bridgehead atoms. The summed E-state index contributed by atoms with van der Waals surface area (Å²) in [6.07, 6.45) is 83.9. The maximum atomic E-state index is 13.0. The molecule has 6 nitrogen and oxygen atoms in total. The molecule has 0 saturated heterocycles. The van der Waals surface area contributed by atoms with E-state index < -0.39 is 6.10 Å². The number of carbonyl (C=O) groups is 3. The van der Waals surface area contributed by atoms with Crippen LogP contribution in [0, 0.1) is 0 Å². The van der Waals surface area contributed by atoms with E-state index in [2.05, 4.69) is 32.9 Å². The molecule has 0 rings (SSSR count). The molecule has 0 aromatic heterocycles. The molecule has 1 unspecified atom stereocenters. The van der Waals surface area contributed by atoms with E-state index in [1.165, 1.54) is 327 Å². The van der Waals surface area contributed by atoms with Crippen molar-refractivity contribution in [2.75, 3.05) is 13.2 Å². The normalized spacial score (nSPS) is 12.0. The first kappa shape index (κ1) is 78.1. The predicted molar refractivity (Wildman–Crippen MR) is 349 cm³/mol. The van der Waals surface area contributed by atoms with Gasteiger partial charge in [0.1, 0.15) is 13.2 Å². The summed E-state index contributed by atoms with van der Waals surface area (Å²) in [6.45, 7) is 6.74. The molecule has 0 aliphatic rings. The SMILES string of the molecule is CCCCCCCC/C=C\CCCCCCCCCCCC(=O)OC(COC(=O)CCCCCCCCCCCCCCCCCCC)COC(=O)CCCCCCCCCCCCCCCCCCCCCCCCCCCC. The van der Waals surface area contributed by atoms with Crippen molar-refractivity contribution in [1.29, 1.82) is 0 Å². The quantitative estimate of drug-likeness (QED) is 0.0261. The van der Waals surface area contributed by atoms with E-state index >= 15 is 0 Å². The van der Waals surface area contributed by atoms with Gasteiger partial charge in [-0.2, -0.15) is 0 Å². The molecule has 474 valence electrons. The fourth-order valence-corrected chi connectivity index (χ4v) is 11.5. The number of unbranched alkanes of at least 4 members (excludes halogenated alkanes) is 56. The van der Waals surface area contributed by atoms with E-state index in [9.17, 15) is 14.4 Å². The van der Waals surface area contributed by atoms with Crippen LogP contribution in [-0.4, -0.2) is 37.2 Å². The van der Waals surface area contributed by atoms with Crippen LogP contribution in [0.5, 0.6) is 0 Å². The van der Waals surface area contributed by atoms with Crippen LogP contribution in [-0.2, 0) is 28.6 Å². The van der Waals surface area contributed by atoms with Crippen LogP contribution in [0.1, 0.15) is 425 Å². The molecule has 0 aromatic rings. The molecule has 0 amide bonds. The Kier molecular flexibility index (Phi) is 68.0. The zero-order valence-corrected chi connectivity index (χ0v) is 54.6. The van der Waals surface area contributed by atoms with Crippen LogP contribution >= 0.6 is 0 Å². The fourth-order valence-electron chi connectivity index (χ4n) is 11.5. The molecular weight excluding hydrogens is 985 g/mol. The Balaban J connectivity index is 4.23. The van der Waals surface area contributed by atoms with Crippen LogP contribution in [0.15, 0.2) is 12.2 Å². The molecule has 0 radical (unpaired) electrons. The lowest BCUT2D eigenvalue weighted by Gasteiger charge is -2.18. The number of ether oxygens (including phenoxy) is 3. The monoisotopic (exact) mass is 1130 g/mol. The summed E-state index contributed by atoms with van der Waals surface area (Å²) >= 11 is 0. The molecule has 0 N–H and O–H groups in total. The Bertz CT molecular complexity index is 1250. The third kappa shape index (κ3) is 66.9. The lowest BCUT2D eigenvalue weighted by atomic mass is 10.0. The number of rotatable bonds is 69. The molecule has 80 heavy (non-hydrogen) atoms. The molecule has 6 heteroatoms. The standard InChI is InChI=1S/C74H142O6/c1-4-7-10-13-16-19-22-25-28-31-33-34-35-36-37-38-39-41-43-46-49-52-55-58-61-64-67-73(76)79-70-71(69-78-72(75)66-63-60-57-54-51-48-45-42-30-27-24-21-18-15-12-9-6-3)80-74(77)68-65-62-59-56-53-50-47-44-40-32-29-26-23-20-17-14-11-8-5-2/h26,29,71H,4-25,27-28,30-70H2,1-3H3/b29-26-. The van der Waals surface area contributed by atoms with E-state index in [4.69, 9.17) is 14.2 Å². The summed E-state index contributed by atoms with van der Waals surface area (Å²) in [6, 6.07) is 0. The van der Waals surface area contributed by atoms with Gasteiger partial charge in [-0.3, -0.25) is 14.4 Å². The number of hydrogen-bond donors (Lipinski definition) is 0. The first-order valence-electron chi connectivity index (χ1n) is 36.7. The highest BCUT2D eigenvalue weighted by Crippen LogP contribution is 2.19. The Labute approximate surface area is 501 Å². The van der Waals surface area contributed by atoms with Gasteiger partial charge in [0.2, 0.25) is 0 Å². The molecule has 0 aliphatic heterocycles. The van der Waals surface area contributed by atoms with Crippen molar-refractivity contribution < 1.29 is 28.6 Å². The third-order valence-electron chi connectivity index (χ3n) is 17.0. The third-order valence-corrected chi connectivity index (χ3v) is 17.0. The highest BCUT2D eigenvalue weighted by Gasteiger charge is 2.20. The summed E-state index contributed by atoms with van der Waals surface area (Å²) in [5.41, 5.74) is 0. The lowest BCUT2D eigenvalue weighted by Crippen LogP contribution is -2.30. The summed E-state index contributed by atoms with van der Waals surface area (Å²) < 4.78 is 17.0. The van der Waals surface area contributed by atoms with Gasteiger partial charge in [-0.15, -0.1) is 0 Å². The van der Waals surface area contributed by atoms with Gasteiger partial charge in [-0.1, -0.05) is 373 Å². The first-order valence-corrected chi connectivity index (χ1v) is 36.7. The Morgan fingerprint density at radius 2 is 0.412 bits per heavy atom. The number of hydrogen-bond acceptors (Lipinski definition) is 6. The van der Waals surface area contributed by atoms with Crippen molar-refractivity contribution in [3.8, 4) is 0 Å². The molecule has 1 atom stereocenters. The minimum Gasteiger partial charge on any atom is -0.462 e. The van der Waals surface area contributed by atoms with Gasteiger partial charge in [0.05, 0.1) is 0 Å². The summed E-state index contributed by atoms with van der Waals surface area (Å²) in [4.78, 5) is 38.5. The number of esters is 3. The zero-order chi connectivity index (χ0) is 57.8. The van der Waals surface area contributed by atoms with Crippen LogP contribution in [0.25, 0.3) is 0 Å². The van der Waals surface area contributed by atoms with Gasteiger partial charge in [0.15, 0.2) is 6.10 Å². The average molecular weight is 1130 g/mol. The van der Waals surface area contributed by atoms with Gasteiger partial charge in [-0.05, 0) is 44.9 Å². The topological polar surface area (TPSA) is 78.9 Å². The molecular formula is C74H142O6. The van der Waals surface area contributed by atoms with Crippen molar-refractivity contribution in [2.24, 2.45) is 0 Å². The molecule has 0 aliphatic carbocycles. The fraction of sp³-hybridized carbons (Fsp3) is 0.932. The number of carbonyl (C=O) groups excluding carboxylic acids is 3. The second kappa shape index (κ2) is 69.6. The van der Waals surface area contributed by atoms with E-state index in [0.717, 1.165) is 57.8 Å². The molecule has 0 saturated carbocycles. The van der Waals surface area contributed by atoms with Gasteiger partial charge in [-0.25, -0.2) is 0 Å². The molecule has 0 spiro atoms. The lowest BCUT2D eigenvalue weighted by molar-refractivity contribution is -0.167. The van der Waals surface area contributed by atoms with Gasteiger partial charge >= 0.3 is 17.9 Å². The largest absolute Gasteiger partial charge is 0.462 e. The Morgan fingerprint density at radius 3 is 0.625 bits per heavy atom. The molecule has 0 aromatic carbocycles. The predicted octanol–water partition coefficient (Wildman–Crippen LogP) is 25.2. The second-order valence-electron chi connectivity index (χ2n) is 25.2. The molecule has 0 fully saturated rings. The van der Waals surface area contributed by atoms with Gasteiger partial charge in [0, 0.05) is 19.3 Å². The van der Waals surface area contributed by atoms with E-state index in [1.54, 1.807) is 0 Å². The summed E-state index contributed by atoms with van der Waals surface area (Å²) in [5, 5.41) is 0. The summed E-state index contributed by atoms with van der Waals surface area (Å²) in [5.74, 6) is -0.827. The van der Waals surface area contributed by atoms with Crippen LogP contribution in [0.4, 0.5) is 0 Å². The maximum Gasteiger partial charge on any atom is 0.306 e. The van der Waals surface area contributed by atoms with Crippen molar-refractivity contribution in [2.45, 2.75) is 431 Å². The zero-order valence-electron chi connectivity index (χ0n) is 54.6. The van der Waals surface area contributed by atoms with Gasteiger partial charge < -0.3 is 14.2 Å². The first-order chi connectivity index (χ1) is 39.5. The Morgan fingerprint density at radius 1 is 0.237 bits per heavy atom. The van der Waals surface area contributed by atoms with Crippen LogP contribution in [0.3, 0.4) is 0 Å². The van der Waals surface area contributed by atoms with Crippen molar-refractivity contribution in [3.63, 3.8) is 0 Å². The van der Waals surface area contributed by atoms with E-state index in [1.807, 2.05) is 0 Å². The summed E-state index contributed by atoms with van der Waals surface area (Å²) in [7, 11) is 0. The van der Waals surface area contributed by atoms with Gasteiger partial charge in [0.25, 0.3) is 0 Å². The van der Waals surface area contributed by atoms with Crippen molar-refractivity contribution in [1.82, 2.24) is 0 Å². The number of allylic oxidation sites excluding steroid dienone is 2. The smallest absolute Gasteiger partial charge is 0.306 e. The maximum absolute atomic E-state index is 13.0. The second-order valence-corrected chi connectivity index (χ2v) is 25.2. The Hall–Kier alpha value is -1.85. The van der Waals surface area contributed by atoms with Crippen LogP contribution in [0.2, 0.25) is 0 Å². The van der Waals surface area contributed by atoms with E-state index in [-0.39, 0.29) is 31.1 Å². The van der Waals surface area contributed by atoms with Crippen molar-refractivity contribution >= 4 is 17.9 Å². The van der Waals surface area contributed by atoms with Crippen LogP contribution < -0.4 is 0 Å². The molecule has 0 heterocycles. The highest BCUT2D eigenvalue weighted by molar-refractivity contribution is 5.71. The minimum absolute atomic E-state index is 0.0636.